The molecule has 1 saturated carbocycles. The van der Waals surface area contributed by atoms with Gasteiger partial charge in [0.25, 0.3) is 0 Å². The SMILES string of the molecule is CC1CCC(Oc2cccc([B-](F)(F)F)c2)CC1C. The molecule has 3 atom stereocenters. The summed E-state index contributed by atoms with van der Waals surface area (Å²) in [6.45, 7) is -0.560. The van der Waals surface area contributed by atoms with E-state index in [0.717, 1.165) is 31.4 Å². The van der Waals surface area contributed by atoms with Crippen molar-refractivity contribution in [1.29, 1.82) is 0 Å². The maximum Gasteiger partial charge on any atom is 0.509 e. The predicted molar refractivity (Wildman–Crippen MR) is 71.7 cm³/mol. The molecule has 1 aliphatic rings. The van der Waals surface area contributed by atoms with Gasteiger partial charge in [0.15, 0.2) is 0 Å². The smallest absolute Gasteiger partial charge is 0.491 e. The first-order chi connectivity index (χ1) is 8.86. The molecule has 0 saturated heterocycles. The maximum atomic E-state index is 12.7. The lowest BCUT2D eigenvalue weighted by Crippen LogP contribution is -2.34. The Balaban J connectivity index is 2.04. The maximum absolute atomic E-state index is 12.7. The molecule has 1 fully saturated rings. The topological polar surface area (TPSA) is 9.23 Å². The number of halogens is 3. The number of hydrogen-bond acceptors (Lipinski definition) is 1. The van der Waals surface area contributed by atoms with Gasteiger partial charge in [0.1, 0.15) is 5.75 Å². The Hall–Kier alpha value is -1.13. The molecule has 0 radical (unpaired) electrons. The van der Waals surface area contributed by atoms with Gasteiger partial charge < -0.3 is 17.7 Å². The Bertz CT molecular complexity index is 433. The van der Waals surface area contributed by atoms with Crippen LogP contribution >= 0.6 is 0 Å². The van der Waals surface area contributed by atoms with E-state index >= 15 is 0 Å². The highest BCUT2D eigenvalue weighted by Crippen LogP contribution is 2.31. The number of rotatable bonds is 3. The van der Waals surface area contributed by atoms with Gasteiger partial charge in [-0.25, -0.2) is 0 Å². The highest BCUT2D eigenvalue weighted by atomic mass is 19.4. The van der Waals surface area contributed by atoms with Crippen LogP contribution in [-0.4, -0.2) is 13.1 Å². The van der Waals surface area contributed by atoms with Crippen LogP contribution < -0.4 is 10.2 Å². The minimum atomic E-state index is -4.95. The van der Waals surface area contributed by atoms with Gasteiger partial charge in [-0.3, -0.25) is 0 Å². The first kappa shape index (κ1) is 14.3. The van der Waals surface area contributed by atoms with Crippen LogP contribution in [0.15, 0.2) is 24.3 Å². The van der Waals surface area contributed by atoms with Gasteiger partial charge in [-0.15, -0.1) is 5.46 Å². The Morgan fingerprint density at radius 2 is 1.84 bits per heavy atom. The van der Waals surface area contributed by atoms with E-state index in [-0.39, 0.29) is 6.10 Å². The van der Waals surface area contributed by atoms with Crippen LogP contribution in [0, 0.1) is 11.8 Å². The van der Waals surface area contributed by atoms with Crippen LogP contribution in [0.25, 0.3) is 0 Å². The summed E-state index contributed by atoms with van der Waals surface area (Å²) in [5, 5.41) is 0. The molecule has 0 aromatic heterocycles. The van der Waals surface area contributed by atoms with Gasteiger partial charge in [-0.1, -0.05) is 26.0 Å². The largest absolute Gasteiger partial charge is 0.509 e. The summed E-state index contributed by atoms with van der Waals surface area (Å²) >= 11 is 0. The van der Waals surface area contributed by atoms with Crippen molar-refractivity contribution in [3.8, 4) is 5.75 Å². The number of benzene rings is 1. The zero-order chi connectivity index (χ0) is 14.0. The van der Waals surface area contributed by atoms with Gasteiger partial charge in [0.05, 0.1) is 6.10 Å². The molecular formula is C14H19BF3O-. The molecule has 0 amide bonds. The monoisotopic (exact) mass is 271 g/mol. The second-order valence-corrected chi connectivity index (χ2v) is 5.65. The van der Waals surface area contributed by atoms with Crippen molar-refractivity contribution in [3.63, 3.8) is 0 Å². The molecule has 0 bridgehead atoms. The fourth-order valence-corrected chi connectivity index (χ4v) is 2.59. The number of ether oxygens (including phenoxy) is 1. The van der Waals surface area contributed by atoms with Crippen molar-refractivity contribution in [2.24, 2.45) is 11.8 Å². The van der Waals surface area contributed by atoms with Gasteiger partial charge >= 0.3 is 6.98 Å². The zero-order valence-electron chi connectivity index (χ0n) is 11.3. The summed E-state index contributed by atoms with van der Waals surface area (Å²) < 4.78 is 43.7. The third-order valence-corrected chi connectivity index (χ3v) is 4.09. The molecule has 0 N–H and O–H groups in total. The van der Waals surface area contributed by atoms with Gasteiger partial charge in [-0.05, 0) is 43.2 Å². The predicted octanol–water partition coefficient (Wildman–Crippen LogP) is 3.94. The van der Waals surface area contributed by atoms with Gasteiger partial charge in [-0.2, -0.15) is 0 Å². The Kier molecular flexibility index (Phi) is 4.12. The average molecular weight is 271 g/mol. The zero-order valence-corrected chi connectivity index (χ0v) is 11.3. The molecule has 0 heterocycles. The second-order valence-electron chi connectivity index (χ2n) is 5.65. The highest BCUT2D eigenvalue weighted by Gasteiger charge is 2.28. The van der Waals surface area contributed by atoms with Crippen LogP contribution in [-0.2, 0) is 0 Å². The third-order valence-electron chi connectivity index (χ3n) is 4.09. The summed E-state index contributed by atoms with van der Waals surface area (Å²) in [4.78, 5) is 0. The van der Waals surface area contributed by atoms with E-state index in [9.17, 15) is 12.9 Å². The van der Waals surface area contributed by atoms with E-state index < -0.39 is 12.4 Å². The van der Waals surface area contributed by atoms with Crippen molar-refractivity contribution in [2.75, 3.05) is 0 Å². The molecular weight excluding hydrogens is 252 g/mol. The lowest BCUT2D eigenvalue weighted by Gasteiger charge is -2.32. The summed E-state index contributed by atoms with van der Waals surface area (Å²) in [6.07, 6.45) is 2.96. The minimum Gasteiger partial charge on any atom is -0.491 e. The van der Waals surface area contributed by atoms with E-state index in [1.165, 1.54) is 6.07 Å². The summed E-state index contributed by atoms with van der Waals surface area (Å²) in [5.41, 5.74) is -0.588. The Labute approximate surface area is 112 Å². The highest BCUT2D eigenvalue weighted by molar-refractivity contribution is 6.73. The van der Waals surface area contributed by atoms with Gasteiger partial charge in [0, 0.05) is 0 Å². The molecule has 2 rings (SSSR count). The summed E-state index contributed by atoms with van der Waals surface area (Å²) in [6, 6.07) is 5.23. The molecule has 1 aromatic carbocycles. The summed E-state index contributed by atoms with van der Waals surface area (Å²) in [5.74, 6) is 1.57. The first-order valence-electron chi connectivity index (χ1n) is 6.83. The third kappa shape index (κ3) is 3.67. The van der Waals surface area contributed by atoms with Crippen LogP contribution in [0.3, 0.4) is 0 Å². The summed E-state index contributed by atoms with van der Waals surface area (Å²) in [7, 11) is 0. The van der Waals surface area contributed by atoms with E-state index in [1.807, 2.05) is 0 Å². The first-order valence-corrected chi connectivity index (χ1v) is 6.83. The molecule has 1 aliphatic carbocycles. The van der Waals surface area contributed by atoms with Crippen LogP contribution in [0.5, 0.6) is 5.75 Å². The molecule has 5 heteroatoms. The molecule has 106 valence electrons. The van der Waals surface area contributed by atoms with Crippen LogP contribution in [0.4, 0.5) is 12.9 Å². The van der Waals surface area contributed by atoms with Crippen molar-refractivity contribution in [3.05, 3.63) is 24.3 Å². The fourth-order valence-electron chi connectivity index (χ4n) is 2.59. The Morgan fingerprint density at radius 1 is 1.11 bits per heavy atom. The Morgan fingerprint density at radius 3 is 2.47 bits per heavy atom. The van der Waals surface area contributed by atoms with Crippen LogP contribution in [0.1, 0.15) is 33.1 Å². The molecule has 3 unspecified atom stereocenters. The van der Waals surface area contributed by atoms with Crippen molar-refractivity contribution in [2.45, 2.75) is 39.2 Å². The van der Waals surface area contributed by atoms with Crippen molar-refractivity contribution >= 4 is 12.4 Å². The normalized spacial score (nSPS) is 28.2. The lowest BCUT2D eigenvalue weighted by atomic mass is 9.79. The van der Waals surface area contributed by atoms with Crippen molar-refractivity contribution in [1.82, 2.24) is 0 Å². The van der Waals surface area contributed by atoms with E-state index in [0.29, 0.717) is 17.6 Å². The second kappa shape index (κ2) is 5.47. The van der Waals surface area contributed by atoms with E-state index in [4.69, 9.17) is 4.74 Å². The molecule has 0 spiro atoms. The van der Waals surface area contributed by atoms with E-state index in [2.05, 4.69) is 13.8 Å². The van der Waals surface area contributed by atoms with Gasteiger partial charge in [0.2, 0.25) is 0 Å². The average Bonchev–Trinajstić information content (AvgIpc) is 2.33. The fraction of sp³-hybridized carbons (Fsp3) is 0.571. The lowest BCUT2D eigenvalue weighted by molar-refractivity contribution is 0.101. The van der Waals surface area contributed by atoms with Crippen molar-refractivity contribution < 1.29 is 17.7 Å². The number of hydrogen-bond donors (Lipinski definition) is 0. The minimum absolute atomic E-state index is 0.0437. The molecule has 0 aliphatic heterocycles. The quantitative estimate of drug-likeness (QED) is 0.756. The molecule has 1 aromatic rings. The van der Waals surface area contributed by atoms with Crippen LogP contribution in [0.2, 0.25) is 0 Å². The standard InChI is InChI=1S/C14H19BF3O/c1-10-6-7-14(8-11(10)2)19-13-5-3-4-12(9-13)15(16,17)18/h3-5,9-11,14H,6-8H2,1-2H3/q-1. The van der Waals surface area contributed by atoms with E-state index in [1.54, 1.807) is 6.07 Å². The molecule has 19 heavy (non-hydrogen) atoms. The molecule has 1 nitrogen and oxygen atoms in total.